The molecule has 0 radical (unpaired) electrons. The average molecular weight is 420 g/mol. The standard InChI is InChI=1S/C23H24N4O4/c1-24-22(29)15-5-3-4-14(8-15)20-10-18(28)13-27(20)23(30)16-6-7-19(21(9-16)31-2)17-11-25-26-12-17/h3-9,11-12,18,20,28H,10,13H2,1-2H3,(H,24,29)(H,25,26). The number of hydrogen-bond donors (Lipinski definition) is 3. The van der Waals surface area contributed by atoms with E-state index in [0.29, 0.717) is 23.3 Å². The van der Waals surface area contributed by atoms with E-state index in [0.717, 1.165) is 16.7 Å². The van der Waals surface area contributed by atoms with Gasteiger partial charge in [-0.2, -0.15) is 5.10 Å². The highest BCUT2D eigenvalue weighted by Gasteiger charge is 2.36. The van der Waals surface area contributed by atoms with Crippen LogP contribution in [0.5, 0.6) is 5.75 Å². The third-order valence-electron chi connectivity index (χ3n) is 5.56. The van der Waals surface area contributed by atoms with Gasteiger partial charge in [-0.05, 0) is 42.3 Å². The van der Waals surface area contributed by atoms with Crippen LogP contribution in [-0.4, -0.2) is 58.8 Å². The minimum atomic E-state index is -0.635. The van der Waals surface area contributed by atoms with Gasteiger partial charge in [-0.1, -0.05) is 12.1 Å². The molecule has 3 aromatic rings. The number of aliphatic hydroxyl groups is 1. The molecule has 0 bridgehead atoms. The fraction of sp³-hybridized carbons (Fsp3) is 0.261. The highest BCUT2D eigenvalue weighted by Crippen LogP contribution is 2.36. The fourth-order valence-corrected chi connectivity index (χ4v) is 4.01. The van der Waals surface area contributed by atoms with Crippen molar-refractivity contribution in [3.05, 3.63) is 71.5 Å². The summed E-state index contributed by atoms with van der Waals surface area (Å²) in [6, 6.07) is 12.1. The Balaban J connectivity index is 1.65. The zero-order chi connectivity index (χ0) is 22.0. The van der Waals surface area contributed by atoms with Crippen LogP contribution >= 0.6 is 0 Å². The number of aromatic amines is 1. The van der Waals surface area contributed by atoms with Gasteiger partial charge in [-0.3, -0.25) is 14.7 Å². The molecule has 1 saturated heterocycles. The lowest BCUT2D eigenvalue weighted by Gasteiger charge is -2.25. The molecule has 4 rings (SSSR count). The van der Waals surface area contributed by atoms with Crippen LogP contribution in [-0.2, 0) is 0 Å². The van der Waals surface area contributed by atoms with E-state index in [1.54, 1.807) is 61.8 Å². The second-order valence-electron chi connectivity index (χ2n) is 7.47. The molecular formula is C23H24N4O4. The van der Waals surface area contributed by atoms with Crippen LogP contribution in [0.4, 0.5) is 0 Å². The van der Waals surface area contributed by atoms with Crippen molar-refractivity contribution in [3.8, 4) is 16.9 Å². The van der Waals surface area contributed by atoms with E-state index in [4.69, 9.17) is 4.74 Å². The van der Waals surface area contributed by atoms with Crippen molar-refractivity contribution in [2.24, 2.45) is 0 Å². The number of nitrogens with one attached hydrogen (secondary N) is 2. The molecule has 2 unspecified atom stereocenters. The van der Waals surface area contributed by atoms with Crippen molar-refractivity contribution >= 4 is 11.8 Å². The Morgan fingerprint density at radius 1 is 1.23 bits per heavy atom. The number of benzene rings is 2. The zero-order valence-corrected chi connectivity index (χ0v) is 17.3. The number of aromatic nitrogens is 2. The molecule has 2 aromatic carbocycles. The van der Waals surface area contributed by atoms with Gasteiger partial charge in [0.2, 0.25) is 0 Å². The molecule has 1 aromatic heterocycles. The molecule has 1 aliphatic rings. The summed E-state index contributed by atoms with van der Waals surface area (Å²) in [4.78, 5) is 27.1. The summed E-state index contributed by atoms with van der Waals surface area (Å²) in [5, 5.41) is 19.7. The van der Waals surface area contributed by atoms with Gasteiger partial charge in [-0.25, -0.2) is 0 Å². The van der Waals surface area contributed by atoms with E-state index in [1.165, 1.54) is 0 Å². The topological polar surface area (TPSA) is 108 Å². The first kappa shape index (κ1) is 20.6. The van der Waals surface area contributed by atoms with Gasteiger partial charge in [0.1, 0.15) is 5.75 Å². The van der Waals surface area contributed by atoms with E-state index in [-0.39, 0.29) is 24.4 Å². The van der Waals surface area contributed by atoms with Crippen LogP contribution in [0.3, 0.4) is 0 Å². The molecule has 0 spiro atoms. The van der Waals surface area contributed by atoms with Crippen LogP contribution < -0.4 is 10.1 Å². The maximum absolute atomic E-state index is 13.4. The van der Waals surface area contributed by atoms with E-state index in [2.05, 4.69) is 15.5 Å². The van der Waals surface area contributed by atoms with Gasteiger partial charge in [0.25, 0.3) is 11.8 Å². The first-order valence-corrected chi connectivity index (χ1v) is 10.00. The molecule has 1 fully saturated rings. The van der Waals surface area contributed by atoms with Crippen LogP contribution in [0.1, 0.15) is 38.7 Å². The molecule has 8 heteroatoms. The third-order valence-corrected chi connectivity index (χ3v) is 5.56. The predicted octanol–water partition coefficient (Wildman–Crippen LogP) is 2.39. The van der Waals surface area contributed by atoms with Crippen molar-refractivity contribution in [1.29, 1.82) is 0 Å². The Morgan fingerprint density at radius 3 is 2.77 bits per heavy atom. The number of methoxy groups -OCH3 is 1. The van der Waals surface area contributed by atoms with E-state index in [1.807, 2.05) is 12.1 Å². The SMILES string of the molecule is CNC(=O)c1cccc(C2CC(O)CN2C(=O)c2ccc(-c3cn[nH]c3)c(OC)c2)c1. The van der Waals surface area contributed by atoms with Gasteiger partial charge in [-0.15, -0.1) is 0 Å². The van der Waals surface area contributed by atoms with Gasteiger partial charge >= 0.3 is 0 Å². The minimum Gasteiger partial charge on any atom is -0.496 e. The van der Waals surface area contributed by atoms with Crippen molar-refractivity contribution in [2.45, 2.75) is 18.6 Å². The van der Waals surface area contributed by atoms with Crippen molar-refractivity contribution < 1.29 is 19.4 Å². The Morgan fingerprint density at radius 2 is 2.06 bits per heavy atom. The van der Waals surface area contributed by atoms with Gasteiger partial charge < -0.3 is 20.1 Å². The fourth-order valence-electron chi connectivity index (χ4n) is 4.01. The van der Waals surface area contributed by atoms with Crippen molar-refractivity contribution in [3.63, 3.8) is 0 Å². The molecule has 2 amide bonds. The third kappa shape index (κ3) is 4.02. The molecular weight excluding hydrogens is 396 g/mol. The number of ether oxygens (including phenoxy) is 1. The Hall–Kier alpha value is -3.65. The molecule has 2 heterocycles. The van der Waals surface area contributed by atoms with Gasteiger partial charge in [0.05, 0.1) is 25.5 Å². The number of aliphatic hydroxyl groups excluding tert-OH is 1. The van der Waals surface area contributed by atoms with Crippen LogP contribution in [0, 0.1) is 0 Å². The predicted molar refractivity (Wildman–Crippen MR) is 115 cm³/mol. The molecule has 3 N–H and O–H groups in total. The summed E-state index contributed by atoms with van der Waals surface area (Å²) in [5.74, 6) is 0.159. The molecule has 1 aliphatic heterocycles. The summed E-state index contributed by atoms with van der Waals surface area (Å²) in [6.45, 7) is 0.222. The van der Waals surface area contributed by atoms with Crippen molar-refractivity contribution in [1.82, 2.24) is 20.4 Å². The second kappa shape index (κ2) is 8.61. The Kier molecular flexibility index (Phi) is 5.73. The second-order valence-corrected chi connectivity index (χ2v) is 7.47. The lowest BCUT2D eigenvalue weighted by atomic mass is 10.00. The van der Waals surface area contributed by atoms with Crippen LogP contribution in [0.2, 0.25) is 0 Å². The number of amides is 2. The number of carbonyl (C=O) groups excluding carboxylic acids is 2. The molecule has 0 saturated carbocycles. The lowest BCUT2D eigenvalue weighted by molar-refractivity contribution is 0.0715. The molecule has 8 nitrogen and oxygen atoms in total. The quantitative estimate of drug-likeness (QED) is 0.588. The van der Waals surface area contributed by atoms with Crippen LogP contribution in [0.25, 0.3) is 11.1 Å². The maximum atomic E-state index is 13.4. The van der Waals surface area contributed by atoms with Gasteiger partial charge in [0.15, 0.2) is 0 Å². The number of hydrogen-bond acceptors (Lipinski definition) is 5. The number of carbonyl (C=O) groups is 2. The summed E-state index contributed by atoms with van der Waals surface area (Å²) in [5.41, 5.74) is 3.47. The molecule has 160 valence electrons. The maximum Gasteiger partial charge on any atom is 0.254 e. The first-order chi connectivity index (χ1) is 15.0. The first-order valence-electron chi connectivity index (χ1n) is 10.00. The Labute approximate surface area is 179 Å². The number of H-pyrrole nitrogens is 1. The largest absolute Gasteiger partial charge is 0.496 e. The number of likely N-dealkylation sites (tertiary alicyclic amines) is 1. The monoisotopic (exact) mass is 420 g/mol. The Bertz CT molecular complexity index is 1100. The molecule has 31 heavy (non-hydrogen) atoms. The molecule has 0 aliphatic carbocycles. The number of nitrogens with zero attached hydrogens (tertiary/aromatic N) is 2. The summed E-state index contributed by atoms with van der Waals surface area (Å²) in [6.07, 6.45) is 3.22. The highest BCUT2D eigenvalue weighted by atomic mass is 16.5. The summed E-state index contributed by atoms with van der Waals surface area (Å²) < 4.78 is 5.50. The highest BCUT2D eigenvalue weighted by molar-refractivity contribution is 5.96. The van der Waals surface area contributed by atoms with Crippen LogP contribution in [0.15, 0.2) is 54.9 Å². The normalized spacial score (nSPS) is 18.1. The van der Waals surface area contributed by atoms with E-state index in [9.17, 15) is 14.7 Å². The lowest BCUT2D eigenvalue weighted by Crippen LogP contribution is -2.32. The number of rotatable bonds is 5. The van der Waals surface area contributed by atoms with E-state index < -0.39 is 6.10 Å². The number of β-amino-alcohol motifs (C(OH)–C–C–N with tert-alkyl or cyclic N) is 1. The van der Waals surface area contributed by atoms with Crippen molar-refractivity contribution in [2.75, 3.05) is 20.7 Å². The minimum absolute atomic E-state index is 0.196. The van der Waals surface area contributed by atoms with E-state index >= 15 is 0 Å². The van der Waals surface area contributed by atoms with Gasteiger partial charge in [0, 0.05) is 42.0 Å². The summed E-state index contributed by atoms with van der Waals surface area (Å²) >= 11 is 0. The molecule has 2 atom stereocenters. The average Bonchev–Trinajstić information content (AvgIpc) is 3.47. The zero-order valence-electron chi connectivity index (χ0n) is 17.3. The summed E-state index contributed by atoms with van der Waals surface area (Å²) in [7, 11) is 3.13. The smallest absolute Gasteiger partial charge is 0.254 e.